The van der Waals surface area contributed by atoms with Gasteiger partial charge < -0.3 is 24.1 Å². The molecule has 0 bridgehead atoms. The Morgan fingerprint density at radius 2 is 1.89 bits per heavy atom. The van der Waals surface area contributed by atoms with Crippen molar-refractivity contribution in [3.8, 4) is 0 Å². The number of carbonyl (C=O) groups excluding carboxylic acids is 1. The molecule has 1 unspecified atom stereocenters. The summed E-state index contributed by atoms with van der Waals surface area (Å²) in [6.45, 7) is 6.05. The molecule has 1 N–H and O–H groups in total. The standard InChI is InChI=1S/C13H24O6/c1-5-11(14)18-7-6-8-19-12(15)13(2,9-16-3)10-17-4/h5,11,14H,1,6-10H2,2-4H3. The summed E-state index contributed by atoms with van der Waals surface area (Å²) in [5, 5.41) is 9.05. The summed E-state index contributed by atoms with van der Waals surface area (Å²) in [5.41, 5.74) is -0.814. The minimum absolute atomic E-state index is 0.214. The third-order valence-electron chi connectivity index (χ3n) is 2.43. The van der Waals surface area contributed by atoms with Crippen LogP contribution in [-0.2, 0) is 23.7 Å². The van der Waals surface area contributed by atoms with E-state index in [1.54, 1.807) is 6.92 Å². The zero-order chi connectivity index (χ0) is 14.7. The highest BCUT2D eigenvalue weighted by Crippen LogP contribution is 2.19. The third kappa shape index (κ3) is 7.27. The number of esters is 1. The number of aliphatic hydroxyl groups is 1. The predicted octanol–water partition coefficient (Wildman–Crippen LogP) is 0.740. The molecule has 6 nitrogen and oxygen atoms in total. The molecule has 0 amide bonds. The van der Waals surface area contributed by atoms with Crippen LogP contribution in [0.2, 0.25) is 0 Å². The molecule has 0 aliphatic carbocycles. The molecule has 0 fully saturated rings. The van der Waals surface area contributed by atoms with E-state index in [2.05, 4.69) is 6.58 Å². The molecular formula is C13H24O6. The second kappa shape index (κ2) is 9.91. The molecule has 19 heavy (non-hydrogen) atoms. The molecule has 0 spiro atoms. The molecule has 0 saturated carbocycles. The highest BCUT2D eigenvalue weighted by Gasteiger charge is 2.35. The van der Waals surface area contributed by atoms with Gasteiger partial charge in [-0.05, 0) is 13.0 Å². The topological polar surface area (TPSA) is 74.2 Å². The van der Waals surface area contributed by atoms with E-state index < -0.39 is 11.7 Å². The van der Waals surface area contributed by atoms with Crippen LogP contribution in [0.5, 0.6) is 0 Å². The maximum atomic E-state index is 11.9. The quantitative estimate of drug-likeness (QED) is 0.260. The maximum Gasteiger partial charge on any atom is 0.316 e. The molecule has 1 atom stereocenters. The fraction of sp³-hybridized carbons (Fsp3) is 0.769. The first-order valence-corrected chi connectivity index (χ1v) is 6.07. The van der Waals surface area contributed by atoms with Crippen molar-refractivity contribution in [3.63, 3.8) is 0 Å². The summed E-state index contributed by atoms with van der Waals surface area (Å²) in [4.78, 5) is 11.9. The summed E-state index contributed by atoms with van der Waals surface area (Å²) in [6.07, 6.45) is 0.787. The molecule has 0 aromatic carbocycles. The summed E-state index contributed by atoms with van der Waals surface area (Å²) >= 11 is 0. The van der Waals surface area contributed by atoms with E-state index in [-0.39, 0.29) is 32.4 Å². The highest BCUT2D eigenvalue weighted by atomic mass is 16.6. The van der Waals surface area contributed by atoms with Gasteiger partial charge in [-0.2, -0.15) is 0 Å². The van der Waals surface area contributed by atoms with Gasteiger partial charge in [0.05, 0.1) is 26.4 Å². The molecule has 0 aromatic rings. The van der Waals surface area contributed by atoms with Gasteiger partial charge in [0, 0.05) is 20.6 Å². The van der Waals surface area contributed by atoms with Crippen LogP contribution in [0.1, 0.15) is 13.3 Å². The van der Waals surface area contributed by atoms with E-state index in [1.807, 2.05) is 0 Å². The van der Waals surface area contributed by atoms with Gasteiger partial charge in [0.1, 0.15) is 5.41 Å². The highest BCUT2D eigenvalue weighted by molar-refractivity contribution is 5.76. The maximum absolute atomic E-state index is 11.9. The van der Waals surface area contributed by atoms with Gasteiger partial charge in [0.25, 0.3) is 0 Å². The lowest BCUT2D eigenvalue weighted by Crippen LogP contribution is -2.38. The van der Waals surface area contributed by atoms with Crippen molar-refractivity contribution in [2.45, 2.75) is 19.6 Å². The summed E-state index contributed by atoms with van der Waals surface area (Å²) in [7, 11) is 3.04. The smallest absolute Gasteiger partial charge is 0.316 e. The van der Waals surface area contributed by atoms with E-state index in [0.29, 0.717) is 6.42 Å². The zero-order valence-corrected chi connectivity index (χ0v) is 11.9. The van der Waals surface area contributed by atoms with Crippen LogP contribution in [-0.4, -0.2) is 58.0 Å². The lowest BCUT2D eigenvalue weighted by atomic mass is 9.93. The number of methoxy groups -OCH3 is 2. The van der Waals surface area contributed by atoms with Gasteiger partial charge in [0.2, 0.25) is 0 Å². The molecule has 0 radical (unpaired) electrons. The van der Waals surface area contributed by atoms with Crippen molar-refractivity contribution in [2.75, 3.05) is 40.6 Å². The molecule has 0 rings (SSSR count). The zero-order valence-electron chi connectivity index (χ0n) is 11.9. The first-order chi connectivity index (χ1) is 9.00. The van der Waals surface area contributed by atoms with Crippen LogP contribution < -0.4 is 0 Å². The molecule has 0 heterocycles. The van der Waals surface area contributed by atoms with Gasteiger partial charge in [-0.1, -0.05) is 6.58 Å². The van der Waals surface area contributed by atoms with Gasteiger partial charge in [0.15, 0.2) is 6.29 Å². The van der Waals surface area contributed by atoms with Crippen LogP contribution in [0.25, 0.3) is 0 Å². The van der Waals surface area contributed by atoms with Crippen molar-refractivity contribution in [2.24, 2.45) is 5.41 Å². The largest absolute Gasteiger partial charge is 0.465 e. The SMILES string of the molecule is C=CC(O)OCCCOC(=O)C(C)(COC)COC. The summed E-state index contributed by atoms with van der Waals surface area (Å²) in [6, 6.07) is 0. The summed E-state index contributed by atoms with van der Waals surface area (Å²) in [5.74, 6) is -0.375. The van der Waals surface area contributed by atoms with Gasteiger partial charge in [-0.25, -0.2) is 0 Å². The normalized spacial score (nSPS) is 13.1. The van der Waals surface area contributed by atoms with Crippen LogP contribution in [0.3, 0.4) is 0 Å². The number of aliphatic hydroxyl groups excluding tert-OH is 1. The van der Waals surface area contributed by atoms with Crippen LogP contribution in [0.15, 0.2) is 12.7 Å². The van der Waals surface area contributed by atoms with Crippen molar-refractivity contribution in [1.29, 1.82) is 0 Å². The molecule has 6 heteroatoms. The Hall–Kier alpha value is -0.950. The number of carbonyl (C=O) groups is 1. The Balaban J connectivity index is 3.96. The van der Waals surface area contributed by atoms with E-state index >= 15 is 0 Å². The van der Waals surface area contributed by atoms with Crippen molar-refractivity contribution in [1.82, 2.24) is 0 Å². The van der Waals surface area contributed by atoms with Gasteiger partial charge >= 0.3 is 5.97 Å². The summed E-state index contributed by atoms with van der Waals surface area (Å²) < 4.78 is 20.1. The Kier molecular flexibility index (Phi) is 9.42. The Morgan fingerprint density at radius 3 is 2.37 bits per heavy atom. The van der Waals surface area contributed by atoms with Crippen LogP contribution in [0, 0.1) is 5.41 Å². The van der Waals surface area contributed by atoms with Crippen molar-refractivity contribution < 1.29 is 28.8 Å². The number of hydrogen-bond donors (Lipinski definition) is 1. The first-order valence-electron chi connectivity index (χ1n) is 6.07. The van der Waals surface area contributed by atoms with E-state index in [1.165, 1.54) is 20.3 Å². The minimum Gasteiger partial charge on any atom is -0.465 e. The number of rotatable bonds is 11. The fourth-order valence-corrected chi connectivity index (χ4v) is 1.47. The van der Waals surface area contributed by atoms with Crippen molar-refractivity contribution >= 4 is 5.97 Å². The molecular weight excluding hydrogens is 252 g/mol. The number of ether oxygens (including phenoxy) is 4. The first kappa shape index (κ1) is 18.0. The van der Waals surface area contributed by atoms with E-state index in [4.69, 9.17) is 24.1 Å². The van der Waals surface area contributed by atoms with Crippen molar-refractivity contribution in [3.05, 3.63) is 12.7 Å². The average molecular weight is 276 g/mol. The van der Waals surface area contributed by atoms with E-state index in [0.717, 1.165) is 0 Å². The molecule has 0 aliphatic rings. The second-order valence-electron chi connectivity index (χ2n) is 4.41. The van der Waals surface area contributed by atoms with Gasteiger partial charge in [-0.3, -0.25) is 4.79 Å². The van der Waals surface area contributed by atoms with E-state index in [9.17, 15) is 4.79 Å². The predicted molar refractivity (Wildman–Crippen MR) is 69.6 cm³/mol. The molecule has 112 valence electrons. The Labute approximate surface area is 114 Å². The monoisotopic (exact) mass is 276 g/mol. The lowest BCUT2D eigenvalue weighted by Gasteiger charge is -2.25. The molecule has 0 saturated heterocycles. The number of hydrogen-bond acceptors (Lipinski definition) is 6. The Bertz CT molecular complexity index is 260. The third-order valence-corrected chi connectivity index (χ3v) is 2.43. The minimum atomic E-state index is -0.983. The molecule has 0 aliphatic heterocycles. The van der Waals surface area contributed by atoms with Gasteiger partial charge in [-0.15, -0.1) is 0 Å². The second-order valence-corrected chi connectivity index (χ2v) is 4.41. The Morgan fingerprint density at radius 1 is 1.32 bits per heavy atom. The lowest BCUT2D eigenvalue weighted by molar-refractivity contribution is -0.162. The average Bonchev–Trinajstić information content (AvgIpc) is 2.38. The van der Waals surface area contributed by atoms with Crippen LogP contribution in [0.4, 0.5) is 0 Å². The van der Waals surface area contributed by atoms with Crippen LogP contribution >= 0.6 is 0 Å². The fourth-order valence-electron chi connectivity index (χ4n) is 1.47. The molecule has 0 aromatic heterocycles.